The first-order valence-corrected chi connectivity index (χ1v) is 7.02. The van der Waals surface area contributed by atoms with Crippen LogP contribution in [0.1, 0.15) is 10.4 Å². The lowest BCUT2D eigenvalue weighted by Crippen LogP contribution is -2.60. The van der Waals surface area contributed by atoms with E-state index in [1.165, 1.54) is 26.4 Å². The van der Waals surface area contributed by atoms with E-state index in [9.17, 15) is 20.1 Å². The Morgan fingerprint density at radius 3 is 2.35 bits per heavy atom. The highest BCUT2D eigenvalue weighted by Crippen LogP contribution is 2.25. The van der Waals surface area contributed by atoms with Crippen molar-refractivity contribution in [3.8, 4) is 5.75 Å². The van der Waals surface area contributed by atoms with Crippen molar-refractivity contribution >= 4 is 5.97 Å². The molecule has 3 N–H and O–H groups in total. The number of hydrogen-bond donors (Lipinski definition) is 3. The molecule has 0 bridgehead atoms. The normalized spacial score (nSPS) is 30.7. The van der Waals surface area contributed by atoms with Gasteiger partial charge in [0.1, 0.15) is 24.1 Å². The summed E-state index contributed by atoms with van der Waals surface area (Å²) in [7, 11) is 2.80. The third-order valence-electron chi connectivity index (χ3n) is 3.62. The van der Waals surface area contributed by atoms with Crippen molar-refractivity contribution in [2.24, 2.45) is 0 Å². The first kappa shape index (κ1) is 17.6. The van der Waals surface area contributed by atoms with E-state index in [4.69, 9.17) is 18.9 Å². The van der Waals surface area contributed by atoms with Gasteiger partial charge in [-0.15, -0.1) is 0 Å². The SMILES string of the molecule is COc1ccc(C(=O)OC2C(O)C(CO)OC(OC)C2O)cc1. The third-order valence-corrected chi connectivity index (χ3v) is 3.62. The Morgan fingerprint density at radius 1 is 1.17 bits per heavy atom. The van der Waals surface area contributed by atoms with Crippen LogP contribution in [0, 0.1) is 0 Å². The molecular weight excluding hydrogens is 308 g/mol. The van der Waals surface area contributed by atoms with E-state index in [1.807, 2.05) is 0 Å². The molecule has 1 saturated heterocycles. The van der Waals surface area contributed by atoms with E-state index in [-0.39, 0.29) is 5.56 Å². The lowest BCUT2D eigenvalue weighted by atomic mass is 9.99. The lowest BCUT2D eigenvalue weighted by Gasteiger charge is -2.40. The summed E-state index contributed by atoms with van der Waals surface area (Å²) < 4.78 is 20.3. The molecule has 1 aromatic carbocycles. The lowest BCUT2D eigenvalue weighted by molar-refractivity contribution is -0.293. The van der Waals surface area contributed by atoms with Crippen molar-refractivity contribution in [1.29, 1.82) is 0 Å². The van der Waals surface area contributed by atoms with Gasteiger partial charge in [-0.05, 0) is 24.3 Å². The number of ether oxygens (including phenoxy) is 4. The van der Waals surface area contributed by atoms with E-state index < -0.39 is 43.3 Å². The molecule has 128 valence electrons. The van der Waals surface area contributed by atoms with Gasteiger partial charge >= 0.3 is 5.97 Å². The van der Waals surface area contributed by atoms with Crippen molar-refractivity contribution in [2.75, 3.05) is 20.8 Å². The highest BCUT2D eigenvalue weighted by molar-refractivity contribution is 5.89. The van der Waals surface area contributed by atoms with E-state index >= 15 is 0 Å². The molecule has 1 aliphatic rings. The van der Waals surface area contributed by atoms with Gasteiger partial charge in [-0.25, -0.2) is 4.79 Å². The summed E-state index contributed by atoms with van der Waals surface area (Å²) in [5.41, 5.74) is 0.228. The van der Waals surface area contributed by atoms with E-state index in [0.29, 0.717) is 5.75 Å². The highest BCUT2D eigenvalue weighted by Gasteiger charge is 2.46. The van der Waals surface area contributed by atoms with Gasteiger partial charge in [0.15, 0.2) is 12.4 Å². The summed E-state index contributed by atoms with van der Waals surface area (Å²) in [4.78, 5) is 12.2. The quantitative estimate of drug-likeness (QED) is 0.608. The van der Waals surface area contributed by atoms with Crippen LogP contribution in [0.4, 0.5) is 0 Å². The molecule has 1 heterocycles. The van der Waals surface area contributed by atoms with Gasteiger partial charge in [0.2, 0.25) is 0 Å². The van der Waals surface area contributed by atoms with E-state index in [1.54, 1.807) is 12.1 Å². The van der Waals surface area contributed by atoms with Crippen LogP contribution < -0.4 is 4.74 Å². The maximum atomic E-state index is 12.2. The predicted molar refractivity (Wildman–Crippen MR) is 77.0 cm³/mol. The largest absolute Gasteiger partial charge is 0.497 e. The Balaban J connectivity index is 2.12. The first-order valence-electron chi connectivity index (χ1n) is 7.02. The van der Waals surface area contributed by atoms with Crippen molar-refractivity contribution in [2.45, 2.75) is 30.7 Å². The Bertz CT molecular complexity index is 501. The molecule has 0 aliphatic carbocycles. The van der Waals surface area contributed by atoms with Gasteiger partial charge in [-0.3, -0.25) is 0 Å². The highest BCUT2D eigenvalue weighted by atomic mass is 16.7. The second kappa shape index (κ2) is 7.71. The fourth-order valence-corrected chi connectivity index (χ4v) is 2.31. The first-order chi connectivity index (χ1) is 11.0. The number of rotatable bonds is 5. The molecule has 0 amide bonds. The fourth-order valence-electron chi connectivity index (χ4n) is 2.31. The average molecular weight is 328 g/mol. The van der Waals surface area contributed by atoms with Crippen molar-refractivity contribution in [1.82, 2.24) is 0 Å². The number of aliphatic hydroxyl groups excluding tert-OH is 3. The number of carbonyl (C=O) groups is 1. The van der Waals surface area contributed by atoms with Gasteiger partial charge in [0.05, 0.1) is 19.3 Å². The number of aliphatic hydroxyl groups is 3. The smallest absolute Gasteiger partial charge is 0.338 e. The second-order valence-corrected chi connectivity index (χ2v) is 5.04. The van der Waals surface area contributed by atoms with Crippen LogP contribution in [0.25, 0.3) is 0 Å². The molecule has 5 unspecified atom stereocenters. The summed E-state index contributed by atoms with van der Waals surface area (Å²) in [6.45, 7) is -0.510. The van der Waals surface area contributed by atoms with Crippen LogP contribution in [0.3, 0.4) is 0 Å². The molecule has 2 rings (SSSR count). The number of hydrogen-bond acceptors (Lipinski definition) is 8. The third kappa shape index (κ3) is 3.80. The molecule has 0 spiro atoms. The molecule has 1 fully saturated rings. The van der Waals surface area contributed by atoms with Crippen LogP contribution in [0.5, 0.6) is 5.75 Å². The van der Waals surface area contributed by atoms with Crippen LogP contribution in [-0.4, -0.2) is 72.8 Å². The molecular formula is C15H20O8. The number of esters is 1. The molecule has 8 heteroatoms. The molecule has 1 aliphatic heterocycles. The molecule has 0 radical (unpaired) electrons. The van der Waals surface area contributed by atoms with Crippen molar-refractivity contribution in [3.63, 3.8) is 0 Å². The van der Waals surface area contributed by atoms with Gasteiger partial charge < -0.3 is 34.3 Å². The monoisotopic (exact) mass is 328 g/mol. The second-order valence-electron chi connectivity index (χ2n) is 5.04. The molecule has 0 saturated carbocycles. The minimum absolute atomic E-state index is 0.228. The molecule has 1 aromatic rings. The summed E-state index contributed by atoms with van der Waals surface area (Å²) in [5, 5.41) is 29.4. The van der Waals surface area contributed by atoms with Crippen LogP contribution in [0.15, 0.2) is 24.3 Å². The van der Waals surface area contributed by atoms with Gasteiger partial charge in [0.25, 0.3) is 0 Å². The fraction of sp³-hybridized carbons (Fsp3) is 0.533. The predicted octanol–water partition coefficient (Wildman–Crippen LogP) is -0.694. The van der Waals surface area contributed by atoms with Crippen LogP contribution in [-0.2, 0) is 14.2 Å². The minimum atomic E-state index is -1.39. The Hall–Kier alpha value is -1.71. The van der Waals surface area contributed by atoms with Crippen LogP contribution in [0.2, 0.25) is 0 Å². The summed E-state index contributed by atoms with van der Waals surface area (Å²) in [5.74, 6) is -0.156. The maximum Gasteiger partial charge on any atom is 0.338 e. The summed E-state index contributed by atoms with van der Waals surface area (Å²) >= 11 is 0. The number of benzene rings is 1. The molecule has 0 aromatic heterocycles. The van der Waals surface area contributed by atoms with Crippen LogP contribution >= 0.6 is 0 Å². The molecule has 8 nitrogen and oxygen atoms in total. The zero-order valence-electron chi connectivity index (χ0n) is 12.8. The summed E-state index contributed by atoms with van der Waals surface area (Å²) in [6.07, 6.45) is -6.22. The van der Waals surface area contributed by atoms with Gasteiger partial charge in [-0.2, -0.15) is 0 Å². The number of carbonyl (C=O) groups excluding carboxylic acids is 1. The molecule has 5 atom stereocenters. The van der Waals surface area contributed by atoms with E-state index in [2.05, 4.69) is 0 Å². The Kier molecular flexibility index (Phi) is 5.91. The zero-order valence-corrected chi connectivity index (χ0v) is 12.8. The minimum Gasteiger partial charge on any atom is -0.497 e. The van der Waals surface area contributed by atoms with Crippen molar-refractivity contribution in [3.05, 3.63) is 29.8 Å². The van der Waals surface area contributed by atoms with E-state index in [0.717, 1.165) is 0 Å². The number of methoxy groups -OCH3 is 2. The Labute approximate surface area is 133 Å². The average Bonchev–Trinajstić information content (AvgIpc) is 2.58. The Morgan fingerprint density at radius 2 is 1.83 bits per heavy atom. The van der Waals surface area contributed by atoms with Crippen molar-refractivity contribution < 1.29 is 39.1 Å². The standard InChI is InChI=1S/C15H20O8/c1-20-9-5-3-8(4-6-9)14(19)23-13-11(17)10(7-16)22-15(21-2)12(13)18/h3-6,10-13,15-18H,7H2,1-2H3. The topological polar surface area (TPSA) is 115 Å². The molecule has 23 heavy (non-hydrogen) atoms. The zero-order chi connectivity index (χ0) is 17.0. The summed E-state index contributed by atoms with van der Waals surface area (Å²) in [6, 6.07) is 6.16. The van der Waals surface area contributed by atoms with Gasteiger partial charge in [-0.1, -0.05) is 0 Å². The van der Waals surface area contributed by atoms with Gasteiger partial charge in [0, 0.05) is 7.11 Å². The maximum absolute atomic E-state index is 12.2.